The molecule has 1 aliphatic rings. The molecule has 3 N–H and O–H groups in total. The quantitative estimate of drug-likeness (QED) is 0.825. The summed E-state index contributed by atoms with van der Waals surface area (Å²) in [5.41, 5.74) is 6.92. The molecule has 1 aromatic rings. The van der Waals surface area contributed by atoms with E-state index in [1.54, 1.807) is 6.07 Å². The van der Waals surface area contributed by atoms with Crippen molar-refractivity contribution in [3.63, 3.8) is 0 Å². The number of nitrogens with two attached hydrogens (primary N) is 1. The SMILES string of the molecule is NC(=O)c1cccc(CNCC2CCOCC2)c1. The van der Waals surface area contributed by atoms with E-state index in [-0.39, 0.29) is 5.91 Å². The molecule has 0 radical (unpaired) electrons. The summed E-state index contributed by atoms with van der Waals surface area (Å²) in [6, 6.07) is 7.46. The average Bonchev–Trinajstić information content (AvgIpc) is 2.40. The van der Waals surface area contributed by atoms with Gasteiger partial charge in [-0.1, -0.05) is 12.1 Å². The zero-order valence-electron chi connectivity index (χ0n) is 10.5. The van der Waals surface area contributed by atoms with Gasteiger partial charge in [0.1, 0.15) is 0 Å². The average molecular weight is 248 g/mol. The van der Waals surface area contributed by atoms with E-state index >= 15 is 0 Å². The molecule has 4 nitrogen and oxygen atoms in total. The van der Waals surface area contributed by atoms with E-state index in [9.17, 15) is 4.79 Å². The van der Waals surface area contributed by atoms with E-state index in [2.05, 4.69) is 5.32 Å². The molecule has 1 fully saturated rings. The molecule has 0 aromatic heterocycles. The molecule has 18 heavy (non-hydrogen) atoms. The molecule has 1 aromatic carbocycles. The van der Waals surface area contributed by atoms with Gasteiger partial charge in [0.05, 0.1) is 0 Å². The van der Waals surface area contributed by atoms with Crippen molar-refractivity contribution in [1.29, 1.82) is 0 Å². The molecule has 2 rings (SSSR count). The zero-order valence-corrected chi connectivity index (χ0v) is 10.5. The molecule has 1 saturated heterocycles. The summed E-state index contributed by atoms with van der Waals surface area (Å²) in [6.45, 7) is 3.54. The van der Waals surface area contributed by atoms with Crippen LogP contribution in [0.4, 0.5) is 0 Å². The van der Waals surface area contributed by atoms with Crippen molar-refractivity contribution in [2.24, 2.45) is 11.7 Å². The number of rotatable bonds is 5. The molecule has 0 saturated carbocycles. The van der Waals surface area contributed by atoms with Crippen molar-refractivity contribution >= 4 is 5.91 Å². The van der Waals surface area contributed by atoms with Crippen LogP contribution in [-0.4, -0.2) is 25.7 Å². The molecule has 0 spiro atoms. The summed E-state index contributed by atoms with van der Waals surface area (Å²) < 4.78 is 5.33. The minimum absolute atomic E-state index is 0.374. The van der Waals surface area contributed by atoms with E-state index in [0.29, 0.717) is 11.5 Å². The molecule has 0 atom stereocenters. The normalized spacial score (nSPS) is 16.7. The lowest BCUT2D eigenvalue weighted by atomic mass is 10.0. The summed E-state index contributed by atoms with van der Waals surface area (Å²) in [5, 5.41) is 3.43. The van der Waals surface area contributed by atoms with Crippen molar-refractivity contribution in [1.82, 2.24) is 5.32 Å². The maximum absolute atomic E-state index is 11.1. The van der Waals surface area contributed by atoms with Gasteiger partial charge in [-0.2, -0.15) is 0 Å². The number of nitrogens with one attached hydrogen (secondary N) is 1. The Morgan fingerprint density at radius 3 is 2.89 bits per heavy atom. The highest BCUT2D eigenvalue weighted by Crippen LogP contribution is 2.13. The number of ether oxygens (including phenoxy) is 1. The van der Waals surface area contributed by atoms with Crippen LogP contribution < -0.4 is 11.1 Å². The summed E-state index contributed by atoms with van der Waals surface area (Å²) >= 11 is 0. The Kier molecular flexibility index (Phi) is 4.73. The second-order valence-electron chi connectivity index (χ2n) is 4.75. The topological polar surface area (TPSA) is 64.4 Å². The van der Waals surface area contributed by atoms with E-state index in [4.69, 9.17) is 10.5 Å². The number of primary amides is 1. The molecule has 4 heteroatoms. The maximum atomic E-state index is 11.1. The van der Waals surface area contributed by atoms with Crippen LogP contribution in [0.15, 0.2) is 24.3 Å². The third-order valence-electron chi connectivity index (χ3n) is 3.31. The second-order valence-corrected chi connectivity index (χ2v) is 4.75. The lowest BCUT2D eigenvalue weighted by Crippen LogP contribution is -2.27. The predicted octanol–water partition coefficient (Wildman–Crippen LogP) is 1.30. The van der Waals surface area contributed by atoms with Gasteiger partial charge in [-0.25, -0.2) is 0 Å². The van der Waals surface area contributed by atoms with Gasteiger partial charge in [0.2, 0.25) is 5.91 Å². The third-order valence-corrected chi connectivity index (χ3v) is 3.31. The number of hydrogen-bond donors (Lipinski definition) is 2. The molecule has 0 aliphatic carbocycles. The van der Waals surface area contributed by atoms with Gasteiger partial charge < -0.3 is 15.8 Å². The highest BCUT2D eigenvalue weighted by molar-refractivity contribution is 5.92. The minimum atomic E-state index is -0.374. The number of amides is 1. The molecule has 1 aliphatic heterocycles. The van der Waals surface area contributed by atoms with Gasteiger partial charge in [0.25, 0.3) is 0 Å². The second kappa shape index (κ2) is 6.52. The first kappa shape index (κ1) is 13.1. The Morgan fingerprint density at radius 1 is 1.39 bits per heavy atom. The molecule has 0 unspecified atom stereocenters. The Morgan fingerprint density at radius 2 is 2.17 bits per heavy atom. The van der Waals surface area contributed by atoms with Gasteiger partial charge in [-0.15, -0.1) is 0 Å². The molecule has 0 bridgehead atoms. The molecular formula is C14H20N2O2. The molecular weight excluding hydrogens is 228 g/mol. The van der Waals surface area contributed by atoms with Crippen molar-refractivity contribution in [3.8, 4) is 0 Å². The summed E-state index contributed by atoms with van der Waals surface area (Å²) in [6.07, 6.45) is 2.27. The van der Waals surface area contributed by atoms with Crippen LogP contribution in [0.2, 0.25) is 0 Å². The lowest BCUT2D eigenvalue weighted by Gasteiger charge is -2.22. The number of carbonyl (C=O) groups excluding carboxylic acids is 1. The van der Waals surface area contributed by atoms with Crippen LogP contribution in [0.25, 0.3) is 0 Å². The van der Waals surface area contributed by atoms with Crippen molar-refractivity contribution in [2.45, 2.75) is 19.4 Å². The first-order chi connectivity index (χ1) is 8.75. The Balaban J connectivity index is 1.78. The Labute approximate surface area is 108 Å². The summed E-state index contributed by atoms with van der Waals surface area (Å²) in [5.74, 6) is 0.333. The minimum Gasteiger partial charge on any atom is -0.381 e. The summed E-state index contributed by atoms with van der Waals surface area (Å²) in [4.78, 5) is 11.1. The van der Waals surface area contributed by atoms with Crippen LogP contribution in [0.3, 0.4) is 0 Å². The van der Waals surface area contributed by atoms with E-state index in [1.165, 1.54) is 0 Å². The van der Waals surface area contributed by atoms with Crippen LogP contribution in [0.1, 0.15) is 28.8 Å². The van der Waals surface area contributed by atoms with Crippen LogP contribution >= 0.6 is 0 Å². The fourth-order valence-electron chi connectivity index (χ4n) is 2.21. The molecule has 1 amide bonds. The largest absolute Gasteiger partial charge is 0.381 e. The zero-order chi connectivity index (χ0) is 12.8. The third kappa shape index (κ3) is 3.82. The van der Waals surface area contributed by atoms with Gasteiger partial charge in [-0.05, 0) is 43.0 Å². The van der Waals surface area contributed by atoms with E-state index < -0.39 is 0 Å². The highest BCUT2D eigenvalue weighted by Gasteiger charge is 2.12. The number of benzene rings is 1. The Hall–Kier alpha value is -1.39. The van der Waals surface area contributed by atoms with Crippen LogP contribution in [0, 0.1) is 5.92 Å². The smallest absolute Gasteiger partial charge is 0.248 e. The maximum Gasteiger partial charge on any atom is 0.248 e. The number of hydrogen-bond acceptors (Lipinski definition) is 3. The lowest BCUT2D eigenvalue weighted by molar-refractivity contribution is 0.0662. The number of carbonyl (C=O) groups is 1. The van der Waals surface area contributed by atoms with Gasteiger partial charge >= 0.3 is 0 Å². The Bertz CT molecular complexity index is 401. The highest BCUT2D eigenvalue weighted by atomic mass is 16.5. The van der Waals surface area contributed by atoms with Gasteiger partial charge in [0.15, 0.2) is 0 Å². The van der Waals surface area contributed by atoms with Gasteiger partial charge in [0, 0.05) is 25.3 Å². The van der Waals surface area contributed by atoms with Crippen molar-refractivity contribution < 1.29 is 9.53 Å². The van der Waals surface area contributed by atoms with Gasteiger partial charge in [-0.3, -0.25) is 4.79 Å². The van der Waals surface area contributed by atoms with E-state index in [0.717, 1.165) is 44.7 Å². The first-order valence-electron chi connectivity index (χ1n) is 6.43. The van der Waals surface area contributed by atoms with Crippen LogP contribution in [-0.2, 0) is 11.3 Å². The summed E-state index contributed by atoms with van der Waals surface area (Å²) in [7, 11) is 0. The van der Waals surface area contributed by atoms with Crippen LogP contribution in [0.5, 0.6) is 0 Å². The van der Waals surface area contributed by atoms with E-state index in [1.807, 2.05) is 18.2 Å². The van der Waals surface area contributed by atoms with Crippen molar-refractivity contribution in [3.05, 3.63) is 35.4 Å². The first-order valence-corrected chi connectivity index (χ1v) is 6.43. The fourth-order valence-corrected chi connectivity index (χ4v) is 2.21. The standard InChI is InChI=1S/C14H20N2O2/c15-14(17)13-3-1-2-12(8-13)10-16-9-11-4-6-18-7-5-11/h1-3,8,11,16H,4-7,9-10H2,(H2,15,17). The molecule has 98 valence electrons. The monoisotopic (exact) mass is 248 g/mol. The molecule has 1 heterocycles. The predicted molar refractivity (Wildman–Crippen MR) is 70.2 cm³/mol. The van der Waals surface area contributed by atoms with Crippen molar-refractivity contribution in [2.75, 3.05) is 19.8 Å². The fraction of sp³-hybridized carbons (Fsp3) is 0.500.